The van der Waals surface area contributed by atoms with E-state index < -0.39 is 9.84 Å². The number of sulfone groups is 1. The van der Waals surface area contributed by atoms with E-state index in [1.165, 1.54) is 0 Å². The molecular formula is C12H14N2O2S. The van der Waals surface area contributed by atoms with Gasteiger partial charge in [-0.15, -0.1) is 0 Å². The topological polar surface area (TPSA) is 70.0 Å². The number of fused-ring (bicyclic) bond motifs is 1. The van der Waals surface area contributed by atoms with Gasteiger partial charge in [0.05, 0.1) is 34.9 Å². The number of hydrogen-bond donors (Lipinski definition) is 1. The summed E-state index contributed by atoms with van der Waals surface area (Å²) in [6.45, 7) is 1.98. The quantitative estimate of drug-likeness (QED) is 0.867. The van der Waals surface area contributed by atoms with Crippen molar-refractivity contribution < 1.29 is 8.42 Å². The first-order valence-electron chi connectivity index (χ1n) is 5.56. The molecule has 0 bridgehead atoms. The Morgan fingerprint density at radius 2 is 2.29 bits per heavy atom. The predicted octanol–water partition coefficient (Wildman–Crippen LogP) is 1.73. The normalized spacial score (nSPS) is 21.1. The molecule has 1 N–H and O–H groups in total. The average molecular weight is 250 g/mol. The third-order valence-corrected chi connectivity index (χ3v) is 4.79. The van der Waals surface area contributed by atoms with Crippen molar-refractivity contribution in [1.29, 1.82) is 5.26 Å². The third kappa shape index (κ3) is 2.13. The second kappa shape index (κ2) is 4.38. The van der Waals surface area contributed by atoms with Crippen LogP contribution < -0.4 is 5.32 Å². The number of hydrogen-bond acceptors (Lipinski definition) is 4. The summed E-state index contributed by atoms with van der Waals surface area (Å²) < 4.78 is 24.2. The lowest BCUT2D eigenvalue weighted by molar-refractivity contribution is 0.586. The first-order chi connectivity index (χ1) is 8.08. The molecule has 1 unspecified atom stereocenters. The van der Waals surface area contributed by atoms with Crippen molar-refractivity contribution in [1.82, 2.24) is 0 Å². The van der Waals surface area contributed by atoms with E-state index in [4.69, 9.17) is 5.26 Å². The highest BCUT2D eigenvalue weighted by Crippen LogP contribution is 2.32. The summed E-state index contributed by atoms with van der Waals surface area (Å²) in [7, 11) is -3.26. The Morgan fingerprint density at radius 3 is 2.94 bits per heavy atom. The molecule has 1 heterocycles. The Kier molecular flexibility index (Phi) is 3.07. The van der Waals surface area contributed by atoms with Crippen LogP contribution in [-0.2, 0) is 16.3 Å². The first kappa shape index (κ1) is 11.9. The van der Waals surface area contributed by atoms with Crippen LogP contribution in [-0.4, -0.2) is 20.2 Å². The summed E-state index contributed by atoms with van der Waals surface area (Å²) in [5.41, 5.74) is 1.66. The molecule has 0 spiro atoms. The highest BCUT2D eigenvalue weighted by Gasteiger charge is 2.30. The van der Waals surface area contributed by atoms with Crippen molar-refractivity contribution >= 4 is 15.5 Å². The third-order valence-electron chi connectivity index (χ3n) is 2.94. The minimum atomic E-state index is -3.26. The van der Waals surface area contributed by atoms with E-state index in [1.807, 2.05) is 19.1 Å². The molecule has 0 saturated carbocycles. The van der Waals surface area contributed by atoms with Crippen molar-refractivity contribution in [3.8, 4) is 6.07 Å². The summed E-state index contributed by atoms with van der Waals surface area (Å²) in [5, 5.41) is 11.8. The maximum Gasteiger partial charge on any atom is 0.182 e. The molecule has 4 nitrogen and oxygen atoms in total. The van der Waals surface area contributed by atoms with Gasteiger partial charge in [0, 0.05) is 0 Å². The van der Waals surface area contributed by atoms with Crippen LogP contribution in [0.3, 0.4) is 0 Å². The minimum Gasteiger partial charge on any atom is -0.379 e. The molecule has 90 valence electrons. The second-order valence-electron chi connectivity index (χ2n) is 4.13. The van der Waals surface area contributed by atoms with E-state index in [0.29, 0.717) is 10.6 Å². The highest BCUT2D eigenvalue weighted by atomic mass is 32.2. The number of anilines is 1. The molecular weight excluding hydrogens is 236 g/mol. The van der Waals surface area contributed by atoms with Crippen LogP contribution in [0.5, 0.6) is 0 Å². The Labute approximate surface area is 101 Å². The van der Waals surface area contributed by atoms with Crippen LogP contribution in [0, 0.1) is 11.3 Å². The average Bonchev–Trinajstić information content (AvgIpc) is 2.28. The van der Waals surface area contributed by atoms with E-state index in [0.717, 1.165) is 12.0 Å². The molecule has 2 rings (SSSR count). The molecule has 0 aliphatic carbocycles. The van der Waals surface area contributed by atoms with Gasteiger partial charge in [-0.1, -0.05) is 19.1 Å². The zero-order chi connectivity index (χ0) is 12.5. The zero-order valence-electron chi connectivity index (χ0n) is 9.60. The molecule has 1 aromatic carbocycles. The Morgan fingerprint density at radius 1 is 1.53 bits per heavy atom. The van der Waals surface area contributed by atoms with Gasteiger partial charge in [0.1, 0.15) is 0 Å². The van der Waals surface area contributed by atoms with Gasteiger partial charge in [0.25, 0.3) is 0 Å². The summed E-state index contributed by atoms with van der Waals surface area (Å²) in [5.74, 6) is 0.000722. The molecule has 0 radical (unpaired) electrons. The van der Waals surface area contributed by atoms with Crippen LogP contribution in [0.15, 0.2) is 23.1 Å². The molecule has 0 fully saturated rings. The van der Waals surface area contributed by atoms with Gasteiger partial charge in [-0.2, -0.15) is 5.26 Å². The molecule has 1 atom stereocenters. The minimum absolute atomic E-state index is 0.000722. The van der Waals surface area contributed by atoms with Gasteiger partial charge in [-0.3, -0.25) is 0 Å². The van der Waals surface area contributed by atoms with E-state index in [1.54, 1.807) is 12.1 Å². The maximum absolute atomic E-state index is 12.1. The largest absolute Gasteiger partial charge is 0.379 e. The molecule has 1 aliphatic rings. The van der Waals surface area contributed by atoms with Crippen molar-refractivity contribution in [2.75, 3.05) is 11.1 Å². The van der Waals surface area contributed by atoms with Crippen LogP contribution >= 0.6 is 0 Å². The van der Waals surface area contributed by atoms with Crippen molar-refractivity contribution in [3.63, 3.8) is 0 Å². The van der Waals surface area contributed by atoms with Gasteiger partial charge in [0.15, 0.2) is 9.84 Å². The van der Waals surface area contributed by atoms with Gasteiger partial charge < -0.3 is 5.32 Å². The lowest BCUT2D eigenvalue weighted by Gasteiger charge is -2.27. The fourth-order valence-electron chi connectivity index (χ4n) is 2.11. The number of nitriles is 1. The SMILES string of the molecule is CCc1cccc2c1NC(CC#N)CS2(=O)=O. The van der Waals surface area contributed by atoms with E-state index in [2.05, 4.69) is 5.32 Å². The molecule has 1 aliphatic heterocycles. The van der Waals surface area contributed by atoms with E-state index in [-0.39, 0.29) is 18.2 Å². The number of para-hydroxylation sites is 1. The van der Waals surface area contributed by atoms with Gasteiger partial charge >= 0.3 is 0 Å². The Balaban J connectivity index is 2.54. The van der Waals surface area contributed by atoms with Gasteiger partial charge in [-0.25, -0.2) is 8.42 Å². The highest BCUT2D eigenvalue weighted by molar-refractivity contribution is 7.91. The number of benzene rings is 1. The zero-order valence-corrected chi connectivity index (χ0v) is 10.4. The molecule has 17 heavy (non-hydrogen) atoms. The van der Waals surface area contributed by atoms with Crippen LogP contribution in [0.1, 0.15) is 18.9 Å². The molecule has 0 saturated heterocycles. The van der Waals surface area contributed by atoms with Crippen molar-refractivity contribution in [3.05, 3.63) is 23.8 Å². The molecule has 5 heteroatoms. The standard InChI is InChI=1S/C12H14N2O2S/c1-2-9-4-3-5-11-12(9)14-10(6-7-13)8-17(11,15)16/h3-5,10,14H,2,6,8H2,1H3. The predicted molar refractivity (Wildman–Crippen MR) is 65.5 cm³/mol. The Bertz CT molecular complexity index is 573. The van der Waals surface area contributed by atoms with Crippen LogP contribution in [0.2, 0.25) is 0 Å². The molecule has 1 aromatic rings. The van der Waals surface area contributed by atoms with Crippen LogP contribution in [0.4, 0.5) is 5.69 Å². The Hall–Kier alpha value is -1.54. The number of aryl methyl sites for hydroxylation is 1. The van der Waals surface area contributed by atoms with E-state index in [9.17, 15) is 8.42 Å². The molecule has 0 aromatic heterocycles. The lowest BCUT2D eigenvalue weighted by atomic mass is 10.1. The summed E-state index contributed by atoms with van der Waals surface area (Å²) in [4.78, 5) is 0.367. The summed E-state index contributed by atoms with van der Waals surface area (Å²) in [6, 6.07) is 7.02. The van der Waals surface area contributed by atoms with Crippen molar-refractivity contribution in [2.24, 2.45) is 0 Å². The first-order valence-corrected chi connectivity index (χ1v) is 7.22. The van der Waals surface area contributed by atoms with Crippen LogP contribution in [0.25, 0.3) is 0 Å². The van der Waals surface area contributed by atoms with Gasteiger partial charge in [-0.05, 0) is 18.1 Å². The number of rotatable bonds is 2. The maximum atomic E-state index is 12.1. The second-order valence-corrected chi connectivity index (χ2v) is 6.13. The monoisotopic (exact) mass is 250 g/mol. The van der Waals surface area contributed by atoms with Gasteiger partial charge in [0.2, 0.25) is 0 Å². The fourth-order valence-corrected chi connectivity index (χ4v) is 3.81. The summed E-state index contributed by atoms with van der Waals surface area (Å²) in [6.07, 6.45) is 0.974. The van der Waals surface area contributed by atoms with Crippen molar-refractivity contribution in [2.45, 2.75) is 30.7 Å². The fraction of sp³-hybridized carbons (Fsp3) is 0.417. The number of nitrogens with zero attached hydrogens (tertiary/aromatic N) is 1. The smallest absolute Gasteiger partial charge is 0.182 e. The number of nitrogens with one attached hydrogen (secondary N) is 1. The lowest BCUT2D eigenvalue weighted by Crippen LogP contribution is -2.34. The summed E-state index contributed by atoms with van der Waals surface area (Å²) >= 11 is 0. The molecule has 0 amide bonds. The van der Waals surface area contributed by atoms with E-state index >= 15 is 0 Å².